The molecule has 114 valence electrons. The molecule has 2 N–H and O–H groups in total. The first-order valence-corrected chi connectivity index (χ1v) is 8.46. The second kappa shape index (κ2) is 9.75. The highest BCUT2D eigenvalue weighted by molar-refractivity contribution is 7.09. The summed E-state index contributed by atoms with van der Waals surface area (Å²) in [5.41, 5.74) is 1.06. The highest BCUT2D eigenvalue weighted by atomic mass is 32.1. The van der Waals surface area contributed by atoms with Crippen LogP contribution < -0.4 is 10.6 Å². The van der Waals surface area contributed by atoms with Gasteiger partial charge >= 0.3 is 6.03 Å². The molecule has 0 aliphatic heterocycles. The highest BCUT2D eigenvalue weighted by Gasteiger charge is 2.08. The van der Waals surface area contributed by atoms with E-state index in [4.69, 9.17) is 0 Å². The van der Waals surface area contributed by atoms with Crippen molar-refractivity contribution in [2.45, 2.75) is 52.9 Å². The van der Waals surface area contributed by atoms with Crippen molar-refractivity contribution >= 4 is 17.4 Å². The Morgan fingerprint density at radius 3 is 2.80 bits per heavy atom. The molecule has 0 spiro atoms. The molecule has 0 aliphatic rings. The fourth-order valence-corrected chi connectivity index (χ4v) is 2.72. The van der Waals surface area contributed by atoms with Crippen molar-refractivity contribution in [1.29, 1.82) is 0 Å². The Morgan fingerprint density at radius 2 is 2.20 bits per heavy atom. The molecule has 4 nitrogen and oxygen atoms in total. The number of nitrogens with zero attached hydrogens (tertiary/aromatic N) is 1. The van der Waals surface area contributed by atoms with E-state index in [1.807, 2.05) is 12.3 Å². The van der Waals surface area contributed by atoms with Gasteiger partial charge in [-0.3, -0.25) is 0 Å². The van der Waals surface area contributed by atoms with Crippen molar-refractivity contribution in [3.8, 4) is 0 Å². The monoisotopic (exact) mass is 297 g/mol. The molecule has 1 unspecified atom stereocenters. The molecule has 5 heteroatoms. The van der Waals surface area contributed by atoms with Gasteiger partial charge in [0, 0.05) is 24.9 Å². The van der Waals surface area contributed by atoms with Crippen LogP contribution in [0.5, 0.6) is 0 Å². The molecule has 1 aromatic rings. The quantitative estimate of drug-likeness (QED) is 0.733. The van der Waals surface area contributed by atoms with Gasteiger partial charge in [0.15, 0.2) is 0 Å². The van der Waals surface area contributed by atoms with Gasteiger partial charge in [-0.2, -0.15) is 0 Å². The van der Waals surface area contributed by atoms with Gasteiger partial charge in [0.05, 0.1) is 10.7 Å². The number of unbranched alkanes of at least 4 members (excludes halogenated alkanes) is 1. The number of carbonyl (C=O) groups excluding carboxylic acids is 1. The van der Waals surface area contributed by atoms with E-state index in [2.05, 4.69) is 29.5 Å². The molecule has 0 fully saturated rings. The SMILES string of the molecule is CCCCC(CC)CNC(=O)NCCc1csc(C)n1. The maximum Gasteiger partial charge on any atom is 0.314 e. The normalized spacial score (nSPS) is 12.2. The van der Waals surface area contributed by atoms with Crippen LogP contribution in [0.1, 0.15) is 50.2 Å². The highest BCUT2D eigenvalue weighted by Crippen LogP contribution is 2.11. The zero-order valence-electron chi connectivity index (χ0n) is 12.9. The molecule has 2 amide bonds. The van der Waals surface area contributed by atoms with Gasteiger partial charge in [-0.1, -0.05) is 33.1 Å². The van der Waals surface area contributed by atoms with E-state index >= 15 is 0 Å². The molecule has 0 radical (unpaired) electrons. The third-order valence-corrected chi connectivity index (χ3v) is 4.25. The van der Waals surface area contributed by atoms with Crippen molar-refractivity contribution in [3.05, 3.63) is 16.1 Å². The van der Waals surface area contributed by atoms with Crippen LogP contribution in [0.3, 0.4) is 0 Å². The summed E-state index contributed by atoms with van der Waals surface area (Å²) in [4.78, 5) is 16.1. The lowest BCUT2D eigenvalue weighted by Crippen LogP contribution is -2.39. The Morgan fingerprint density at radius 1 is 1.40 bits per heavy atom. The third kappa shape index (κ3) is 6.89. The minimum absolute atomic E-state index is 0.0631. The van der Waals surface area contributed by atoms with E-state index in [0.717, 1.165) is 30.1 Å². The van der Waals surface area contributed by atoms with E-state index in [1.165, 1.54) is 19.3 Å². The van der Waals surface area contributed by atoms with Gasteiger partial charge in [0.2, 0.25) is 0 Å². The van der Waals surface area contributed by atoms with Crippen molar-refractivity contribution in [2.75, 3.05) is 13.1 Å². The molecule has 0 aliphatic carbocycles. The molecular formula is C15H27N3OS. The van der Waals surface area contributed by atoms with Crippen molar-refractivity contribution in [3.63, 3.8) is 0 Å². The number of amides is 2. The largest absolute Gasteiger partial charge is 0.338 e. The number of hydrogen-bond acceptors (Lipinski definition) is 3. The number of nitrogens with one attached hydrogen (secondary N) is 2. The minimum Gasteiger partial charge on any atom is -0.338 e. The lowest BCUT2D eigenvalue weighted by atomic mass is 9.99. The van der Waals surface area contributed by atoms with Crippen molar-refractivity contribution < 1.29 is 4.79 Å². The van der Waals surface area contributed by atoms with Crippen LogP contribution in [0.15, 0.2) is 5.38 Å². The zero-order valence-corrected chi connectivity index (χ0v) is 13.7. The number of hydrogen-bond donors (Lipinski definition) is 2. The Bertz CT molecular complexity index is 392. The van der Waals surface area contributed by atoms with Crippen LogP contribution in [-0.2, 0) is 6.42 Å². The van der Waals surface area contributed by atoms with Crippen molar-refractivity contribution in [1.82, 2.24) is 15.6 Å². The van der Waals surface area contributed by atoms with Crippen LogP contribution in [0.25, 0.3) is 0 Å². The Kier molecular flexibility index (Phi) is 8.26. The predicted molar refractivity (Wildman–Crippen MR) is 85.3 cm³/mol. The smallest absolute Gasteiger partial charge is 0.314 e. The second-order valence-corrected chi connectivity index (χ2v) is 6.22. The van der Waals surface area contributed by atoms with E-state index in [-0.39, 0.29) is 6.03 Å². The lowest BCUT2D eigenvalue weighted by Gasteiger charge is -2.15. The summed E-state index contributed by atoms with van der Waals surface area (Å²) >= 11 is 1.65. The zero-order chi connectivity index (χ0) is 14.8. The topological polar surface area (TPSA) is 54.0 Å². The summed E-state index contributed by atoms with van der Waals surface area (Å²) in [5.74, 6) is 0.599. The van der Waals surface area contributed by atoms with Crippen LogP contribution in [0, 0.1) is 12.8 Å². The molecular weight excluding hydrogens is 270 g/mol. The molecule has 0 saturated heterocycles. The van der Waals surface area contributed by atoms with Gasteiger partial charge in [0.25, 0.3) is 0 Å². The van der Waals surface area contributed by atoms with Crippen LogP contribution in [0.2, 0.25) is 0 Å². The Labute approximate surface area is 126 Å². The molecule has 0 aromatic carbocycles. The maximum absolute atomic E-state index is 11.7. The minimum atomic E-state index is -0.0631. The van der Waals surface area contributed by atoms with Gasteiger partial charge in [-0.15, -0.1) is 11.3 Å². The summed E-state index contributed by atoms with van der Waals surface area (Å²) in [7, 11) is 0. The van der Waals surface area contributed by atoms with E-state index in [9.17, 15) is 4.79 Å². The number of aryl methyl sites for hydroxylation is 1. The molecule has 20 heavy (non-hydrogen) atoms. The van der Waals surface area contributed by atoms with Crippen LogP contribution in [0.4, 0.5) is 4.79 Å². The molecule has 1 atom stereocenters. The lowest BCUT2D eigenvalue weighted by molar-refractivity contribution is 0.238. The van der Waals surface area contributed by atoms with Gasteiger partial charge in [-0.25, -0.2) is 9.78 Å². The summed E-state index contributed by atoms with van der Waals surface area (Å²) in [6, 6.07) is -0.0631. The standard InChI is InChI=1S/C15H27N3OS/c1-4-6-7-13(5-2)10-17-15(19)16-9-8-14-11-20-12(3)18-14/h11,13H,4-10H2,1-3H3,(H2,16,17,19). The second-order valence-electron chi connectivity index (χ2n) is 5.16. The fourth-order valence-electron chi connectivity index (χ4n) is 2.07. The van der Waals surface area contributed by atoms with Crippen LogP contribution >= 0.6 is 11.3 Å². The summed E-state index contributed by atoms with van der Waals surface area (Å²) in [6.45, 7) is 7.80. The average molecular weight is 297 g/mol. The van der Waals surface area contributed by atoms with E-state index in [0.29, 0.717) is 12.5 Å². The summed E-state index contributed by atoms with van der Waals surface area (Å²) in [6.07, 6.45) is 5.58. The number of rotatable bonds is 9. The first-order valence-electron chi connectivity index (χ1n) is 7.58. The van der Waals surface area contributed by atoms with Gasteiger partial charge < -0.3 is 10.6 Å². The summed E-state index contributed by atoms with van der Waals surface area (Å²) < 4.78 is 0. The Balaban J connectivity index is 2.13. The first kappa shape index (κ1) is 17.0. The number of thiazole rings is 1. The predicted octanol–water partition coefficient (Wildman–Crippen LogP) is 3.51. The maximum atomic E-state index is 11.7. The molecule has 0 bridgehead atoms. The molecule has 1 heterocycles. The van der Waals surface area contributed by atoms with E-state index in [1.54, 1.807) is 11.3 Å². The number of aromatic nitrogens is 1. The van der Waals surface area contributed by atoms with Gasteiger partial charge in [0.1, 0.15) is 0 Å². The summed E-state index contributed by atoms with van der Waals surface area (Å²) in [5, 5.41) is 8.98. The number of carbonyl (C=O) groups is 1. The molecule has 1 rings (SSSR count). The number of urea groups is 1. The van der Waals surface area contributed by atoms with E-state index < -0.39 is 0 Å². The molecule has 0 saturated carbocycles. The molecule has 1 aromatic heterocycles. The first-order chi connectivity index (χ1) is 9.65. The average Bonchev–Trinajstić information content (AvgIpc) is 2.85. The fraction of sp³-hybridized carbons (Fsp3) is 0.733. The van der Waals surface area contributed by atoms with Crippen LogP contribution in [-0.4, -0.2) is 24.1 Å². The van der Waals surface area contributed by atoms with Crippen molar-refractivity contribution in [2.24, 2.45) is 5.92 Å². The Hall–Kier alpha value is -1.10. The van der Waals surface area contributed by atoms with Gasteiger partial charge in [-0.05, 0) is 19.3 Å². The third-order valence-electron chi connectivity index (χ3n) is 3.43.